The first-order valence-corrected chi connectivity index (χ1v) is 12.6. The van der Waals surface area contributed by atoms with Gasteiger partial charge in [0.1, 0.15) is 0 Å². The third kappa shape index (κ3) is 4.79. The number of hydrogen-bond acceptors (Lipinski definition) is 7. The Morgan fingerprint density at radius 3 is 2.44 bits per heavy atom. The van der Waals surface area contributed by atoms with Gasteiger partial charge >= 0.3 is 6.01 Å². The van der Waals surface area contributed by atoms with E-state index >= 15 is 0 Å². The van der Waals surface area contributed by atoms with Crippen molar-refractivity contribution in [3.05, 3.63) is 46.6 Å². The van der Waals surface area contributed by atoms with Crippen molar-refractivity contribution in [2.45, 2.75) is 50.0 Å². The van der Waals surface area contributed by atoms with Crippen molar-refractivity contribution in [2.24, 2.45) is 0 Å². The minimum atomic E-state index is -3.63. The van der Waals surface area contributed by atoms with Gasteiger partial charge in [-0.2, -0.15) is 4.31 Å². The number of furan rings is 1. The lowest BCUT2D eigenvalue weighted by Gasteiger charge is -2.32. The molecule has 1 saturated carbocycles. The molecule has 0 aliphatic heterocycles. The van der Waals surface area contributed by atoms with Crippen LogP contribution in [0.1, 0.15) is 49.4 Å². The Kier molecular flexibility index (Phi) is 6.77. The van der Waals surface area contributed by atoms with Crippen LogP contribution in [0.4, 0.5) is 6.01 Å². The Balaban J connectivity index is 1.46. The second-order valence-corrected chi connectivity index (χ2v) is 10.2. The molecule has 9 nitrogen and oxygen atoms in total. The summed E-state index contributed by atoms with van der Waals surface area (Å²) in [6, 6.07) is 9.11. The van der Waals surface area contributed by atoms with Crippen LogP contribution >= 0.6 is 15.9 Å². The summed E-state index contributed by atoms with van der Waals surface area (Å²) >= 11 is 3.19. The van der Waals surface area contributed by atoms with Crippen LogP contribution in [0.5, 0.6) is 0 Å². The predicted octanol–water partition coefficient (Wildman–Crippen LogP) is 4.69. The lowest BCUT2D eigenvalue weighted by atomic mass is 9.95. The minimum absolute atomic E-state index is 0.0308. The third-order valence-corrected chi connectivity index (χ3v) is 7.91. The first-order chi connectivity index (χ1) is 15.4. The quantitative estimate of drug-likeness (QED) is 0.477. The van der Waals surface area contributed by atoms with Crippen LogP contribution in [0.2, 0.25) is 0 Å². The molecule has 3 aromatic rings. The fraction of sp³-hybridized carbons (Fsp3) is 0.381. The lowest BCUT2D eigenvalue weighted by Crippen LogP contribution is -2.41. The number of carbonyl (C=O) groups excluding carboxylic acids is 1. The van der Waals surface area contributed by atoms with E-state index in [0.29, 0.717) is 17.0 Å². The van der Waals surface area contributed by atoms with E-state index in [-0.39, 0.29) is 28.4 Å². The van der Waals surface area contributed by atoms with E-state index in [9.17, 15) is 13.2 Å². The second kappa shape index (κ2) is 9.55. The molecule has 4 rings (SSSR count). The number of amides is 1. The molecule has 2 aromatic heterocycles. The minimum Gasteiger partial charge on any atom is -0.444 e. The highest BCUT2D eigenvalue weighted by Gasteiger charge is 2.31. The third-order valence-electron chi connectivity index (χ3n) is 5.45. The molecule has 0 atom stereocenters. The van der Waals surface area contributed by atoms with Gasteiger partial charge < -0.3 is 8.83 Å². The zero-order valence-corrected chi connectivity index (χ0v) is 19.9. The molecular formula is C21H23BrN4O5S. The van der Waals surface area contributed by atoms with Gasteiger partial charge in [-0.15, -0.1) is 5.10 Å². The zero-order chi connectivity index (χ0) is 22.7. The Hall–Kier alpha value is -2.50. The van der Waals surface area contributed by atoms with Gasteiger partial charge in [0.15, 0.2) is 10.4 Å². The molecular weight excluding hydrogens is 500 g/mol. The number of anilines is 1. The summed E-state index contributed by atoms with van der Waals surface area (Å²) < 4.78 is 39.1. The molecule has 170 valence electrons. The van der Waals surface area contributed by atoms with E-state index in [1.54, 1.807) is 16.4 Å². The summed E-state index contributed by atoms with van der Waals surface area (Å²) in [5.74, 6) is -0.0166. The topological polar surface area (TPSA) is 119 Å². The lowest BCUT2D eigenvalue weighted by molar-refractivity contribution is 0.102. The second-order valence-electron chi connectivity index (χ2n) is 7.49. The van der Waals surface area contributed by atoms with Gasteiger partial charge in [0, 0.05) is 18.2 Å². The van der Waals surface area contributed by atoms with Gasteiger partial charge in [-0.25, -0.2) is 8.42 Å². The van der Waals surface area contributed by atoms with Gasteiger partial charge in [-0.1, -0.05) is 31.3 Å². The van der Waals surface area contributed by atoms with Crippen molar-refractivity contribution >= 4 is 37.9 Å². The van der Waals surface area contributed by atoms with E-state index in [1.165, 1.54) is 24.3 Å². The van der Waals surface area contributed by atoms with Crippen molar-refractivity contribution in [3.63, 3.8) is 0 Å². The molecule has 11 heteroatoms. The number of aromatic nitrogens is 2. The monoisotopic (exact) mass is 522 g/mol. The molecule has 0 saturated heterocycles. The fourth-order valence-corrected chi connectivity index (χ4v) is 5.88. The number of nitrogens with zero attached hydrogens (tertiary/aromatic N) is 3. The molecule has 0 spiro atoms. The molecule has 2 heterocycles. The molecule has 1 aliphatic rings. The summed E-state index contributed by atoms with van der Waals surface area (Å²) in [5.41, 5.74) is 0.269. The van der Waals surface area contributed by atoms with Crippen molar-refractivity contribution in [3.8, 4) is 11.7 Å². The highest BCUT2D eigenvalue weighted by molar-refractivity contribution is 9.10. The summed E-state index contributed by atoms with van der Waals surface area (Å²) in [6.45, 7) is 2.27. The number of nitrogens with one attached hydrogen (secondary N) is 1. The number of sulfonamides is 1. The van der Waals surface area contributed by atoms with E-state index in [4.69, 9.17) is 8.83 Å². The van der Waals surface area contributed by atoms with Crippen LogP contribution in [0, 0.1) is 0 Å². The summed E-state index contributed by atoms with van der Waals surface area (Å²) in [6.07, 6.45) is 5.01. The molecule has 1 aliphatic carbocycles. The highest BCUT2D eigenvalue weighted by Crippen LogP contribution is 2.28. The van der Waals surface area contributed by atoms with Gasteiger partial charge in [-0.05, 0) is 65.2 Å². The molecule has 1 N–H and O–H groups in total. The molecule has 1 amide bonds. The number of halogens is 1. The largest absolute Gasteiger partial charge is 0.444 e. The Morgan fingerprint density at radius 1 is 1.09 bits per heavy atom. The van der Waals surface area contributed by atoms with E-state index in [1.807, 2.05) is 6.92 Å². The van der Waals surface area contributed by atoms with Gasteiger partial charge in [-0.3, -0.25) is 10.1 Å². The number of carbonyl (C=O) groups is 1. The molecule has 1 fully saturated rings. The SMILES string of the molecule is CCN(C1CCCCC1)S(=O)(=O)c1ccc(C(=O)Nc2nnc(-c3ccc(Br)o3)o2)cc1. The van der Waals surface area contributed by atoms with Crippen LogP contribution < -0.4 is 5.32 Å². The van der Waals surface area contributed by atoms with Gasteiger partial charge in [0.2, 0.25) is 10.0 Å². The predicted molar refractivity (Wildman–Crippen MR) is 121 cm³/mol. The Labute approximate surface area is 194 Å². The summed E-state index contributed by atoms with van der Waals surface area (Å²) in [4.78, 5) is 12.7. The first-order valence-electron chi connectivity index (χ1n) is 10.4. The van der Waals surface area contributed by atoms with Crippen LogP contribution in [0.25, 0.3) is 11.7 Å². The van der Waals surface area contributed by atoms with Gasteiger partial charge in [0.25, 0.3) is 11.8 Å². The normalized spacial score (nSPS) is 15.2. The van der Waals surface area contributed by atoms with E-state index < -0.39 is 15.9 Å². The van der Waals surface area contributed by atoms with Crippen molar-refractivity contribution in [1.82, 2.24) is 14.5 Å². The smallest absolute Gasteiger partial charge is 0.322 e. The van der Waals surface area contributed by atoms with Crippen LogP contribution in [0.3, 0.4) is 0 Å². The average molecular weight is 523 g/mol. The molecule has 0 bridgehead atoms. The zero-order valence-electron chi connectivity index (χ0n) is 17.5. The standard InChI is InChI=1S/C21H23BrN4O5S/c1-2-26(15-6-4-3-5-7-15)32(28,29)16-10-8-14(9-11-16)19(27)23-21-25-24-20(31-21)17-12-13-18(22)30-17/h8-13,15H,2-7H2,1H3,(H,23,25,27). The van der Waals surface area contributed by atoms with Crippen molar-refractivity contribution < 1.29 is 22.0 Å². The first kappa shape index (κ1) is 22.7. The molecule has 1 aromatic carbocycles. The maximum atomic E-state index is 13.2. The average Bonchev–Trinajstić information content (AvgIpc) is 3.44. The van der Waals surface area contributed by atoms with Crippen LogP contribution in [0.15, 0.2) is 54.8 Å². The van der Waals surface area contributed by atoms with Crippen LogP contribution in [-0.4, -0.2) is 41.4 Å². The molecule has 0 radical (unpaired) electrons. The Bertz CT molecular complexity index is 1180. The fourth-order valence-electron chi connectivity index (χ4n) is 3.88. The number of hydrogen-bond donors (Lipinski definition) is 1. The van der Waals surface area contributed by atoms with E-state index in [2.05, 4.69) is 31.4 Å². The van der Waals surface area contributed by atoms with E-state index in [0.717, 1.165) is 32.1 Å². The number of benzene rings is 1. The van der Waals surface area contributed by atoms with Crippen molar-refractivity contribution in [2.75, 3.05) is 11.9 Å². The summed E-state index contributed by atoms with van der Waals surface area (Å²) in [5, 5.41) is 10.1. The molecule has 0 unspecified atom stereocenters. The highest BCUT2D eigenvalue weighted by atomic mass is 79.9. The van der Waals surface area contributed by atoms with Crippen LogP contribution in [-0.2, 0) is 10.0 Å². The Morgan fingerprint density at radius 2 is 1.81 bits per heavy atom. The summed E-state index contributed by atoms with van der Waals surface area (Å²) in [7, 11) is -3.63. The molecule has 32 heavy (non-hydrogen) atoms. The van der Waals surface area contributed by atoms with Gasteiger partial charge in [0.05, 0.1) is 4.90 Å². The number of rotatable bonds is 7. The van der Waals surface area contributed by atoms with Crippen molar-refractivity contribution in [1.29, 1.82) is 0 Å². The maximum absolute atomic E-state index is 13.2. The maximum Gasteiger partial charge on any atom is 0.322 e.